The van der Waals surface area contributed by atoms with Crippen molar-refractivity contribution in [2.75, 3.05) is 11.9 Å². The molecule has 4 rings (SSSR count). The van der Waals surface area contributed by atoms with Crippen LogP contribution >= 0.6 is 0 Å². The van der Waals surface area contributed by atoms with Gasteiger partial charge in [-0.15, -0.1) is 0 Å². The lowest BCUT2D eigenvalue weighted by atomic mass is 9.95. The summed E-state index contributed by atoms with van der Waals surface area (Å²) < 4.78 is 3.27. The van der Waals surface area contributed by atoms with Crippen molar-refractivity contribution in [3.8, 4) is 0 Å². The number of hydrogen-bond acceptors (Lipinski definition) is 4. The van der Waals surface area contributed by atoms with Crippen molar-refractivity contribution in [1.29, 1.82) is 0 Å². The molecule has 0 unspecified atom stereocenters. The van der Waals surface area contributed by atoms with Crippen LogP contribution in [-0.4, -0.2) is 37.6 Å². The standard InChI is InChI=1S/C24H27N5O3/c1-3-21(30)27-11-10-20-18(14-27)15-28(13-17-8-6-5-7-9-17)24(32)22(20)23(31)26-19-12-25-29(4-2)16-19/h5-9,12,15-16H,3-4,10-11,13-14H2,1-2H3,(H,26,31). The van der Waals surface area contributed by atoms with E-state index in [0.717, 1.165) is 16.7 Å². The van der Waals surface area contributed by atoms with Gasteiger partial charge in [-0.25, -0.2) is 0 Å². The van der Waals surface area contributed by atoms with Gasteiger partial charge in [0.15, 0.2) is 0 Å². The fraction of sp³-hybridized carbons (Fsp3) is 0.333. The van der Waals surface area contributed by atoms with E-state index in [1.807, 2.05) is 44.2 Å². The first-order valence-corrected chi connectivity index (χ1v) is 10.9. The predicted molar refractivity (Wildman–Crippen MR) is 122 cm³/mol. The van der Waals surface area contributed by atoms with Crippen LogP contribution in [0.1, 0.15) is 47.3 Å². The number of aromatic nitrogens is 3. The Bertz CT molecular complexity index is 1200. The molecule has 2 amide bonds. The zero-order chi connectivity index (χ0) is 22.7. The van der Waals surface area contributed by atoms with Gasteiger partial charge in [-0.1, -0.05) is 37.3 Å². The minimum atomic E-state index is -0.445. The molecule has 8 heteroatoms. The van der Waals surface area contributed by atoms with E-state index < -0.39 is 5.91 Å². The quantitative estimate of drug-likeness (QED) is 0.647. The summed E-state index contributed by atoms with van der Waals surface area (Å²) in [5, 5.41) is 7.00. The summed E-state index contributed by atoms with van der Waals surface area (Å²) in [5.41, 5.74) is 2.88. The number of nitrogens with zero attached hydrogens (tertiary/aromatic N) is 4. The van der Waals surface area contributed by atoms with Crippen LogP contribution in [0.3, 0.4) is 0 Å². The van der Waals surface area contributed by atoms with E-state index in [1.165, 1.54) is 0 Å². The molecule has 0 fully saturated rings. The van der Waals surface area contributed by atoms with E-state index in [9.17, 15) is 14.4 Å². The highest BCUT2D eigenvalue weighted by molar-refractivity contribution is 6.05. The Morgan fingerprint density at radius 1 is 1.12 bits per heavy atom. The number of hydrogen-bond donors (Lipinski definition) is 1. The van der Waals surface area contributed by atoms with Crippen LogP contribution in [0.5, 0.6) is 0 Å². The first-order valence-electron chi connectivity index (χ1n) is 10.9. The number of amides is 2. The maximum absolute atomic E-state index is 13.4. The van der Waals surface area contributed by atoms with Gasteiger partial charge in [0.2, 0.25) is 5.91 Å². The summed E-state index contributed by atoms with van der Waals surface area (Å²) in [7, 11) is 0. The number of fused-ring (bicyclic) bond motifs is 1. The molecule has 0 atom stereocenters. The van der Waals surface area contributed by atoms with Gasteiger partial charge in [0.25, 0.3) is 11.5 Å². The minimum Gasteiger partial charge on any atom is -0.338 e. The molecule has 0 radical (unpaired) electrons. The Hall–Kier alpha value is -3.68. The van der Waals surface area contributed by atoms with E-state index in [0.29, 0.717) is 44.7 Å². The van der Waals surface area contributed by atoms with Crippen molar-refractivity contribution in [3.05, 3.63) is 81.5 Å². The number of rotatable bonds is 6. The normalized spacial score (nSPS) is 13.0. The van der Waals surface area contributed by atoms with Gasteiger partial charge in [0, 0.05) is 38.4 Å². The molecule has 0 saturated carbocycles. The lowest BCUT2D eigenvalue weighted by Crippen LogP contribution is -2.40. The van der Waals surface area contributed by atoms with Crippen molar-refractivity contribution < 1.29 is 9.59 Å². The van der Waals surface area contributed by atoms with Crippen LogP contribution in [0, 0.1) is 0 Å². The lowest BCUT2D eigenvalue weighted by molar-refractivity contribution is -0.131. The topological polar surface area (TPSA) is 89.2 Å². The highest BCUT2D eigenvalue weighted by atomic mass is 16.2. The number of nitrogens with one attached hydrogen (secondary N) is 1. The molecule has 3 heterocycles. The van der Waals surface area contributed by atoms with Gasteiger partial charge in [-0.3, -0.25) is 19.1 Å². The van der Waals surface area contributed by atoms with E-state index in [2.05, 4.69) is 10.4 Å². The molecule has 32 heavy (non-hydrogen) atoms. The monoisotopic (exact) mass is 433 g/mol. The SMILES string of the molecule is CCC(=O)N1CCc2c(cn(Cc3ccccc3)c(=O)c2C(=O)Nc2cnn(CC)c2)C1. The Balaban J connectivity index is 1.74. The third-order valence-corrected chi connectivity index (χ3v) is 5.76. The first kappa shape index (κ1) is 21.5. The van der Waals surface area contributed by atoms with Crippen molar-refractivity contribution in [1.82, 2.24) is 19.2 Å². The Labute approximate surface area is 186 Å². The van der Waals surface area contributed by atoms with Crippen LogP contribution in [0.25, 0.3) is 0 Å². The van der Waals surface area contributed by atoms with Gasteiger partial charge in [-0.05, 0) is 30.0 Å². The zero-order valence-electron chi connectivity index (χ0n) is 18.4. The molecule has 0 bridgehead atoms. The summed E-state index contributed by atoms with van der Waals surface area (Å²) >= 11 is 0. The van der Waals surface area contributed by atoms with E-state index in [4.69, 9.17) is 0 Å². The van der Waals surface area contributed by atoms with Crippen molar-refractivity contribution in [2.24, 2.45) is 0 Å². The molecule has 166 valence electrons. The fourth-order valence-corrected chi connectivity index (χ4v) is 4.07. The largest absolute Gasteiger partial charge is 0.338 e. The number of pyridine rings is 1. The smallest absolute Gasteiger partial charge is 0.264 e. The zero-order valence-corrected chi connectivity index (χ0v) is 18.4. The number of aryl methyl sites for hydroxylation is 1. The molecule has 0 saturated heterocycles. The van der Waals surface area contributed by atoms with Crippen LogP contribution in [-0.2, 0) is 30.8 Å². The number of carbonyl (C=O) groups is 2. The molecular formula is C24H27N5O3. The number of anilines is 1. The third kappa shape index (κ3) is 4.34. The summed E-state index contributed by atoms with van der Waals surface area (Å²) in [6, 6.07) is 9.64. The van der Waals surface area contributed by atoms with E-state index in [1.54, 1.807) is 32.7 Å². The molecular weight excluding hydrogens is 406 g/mol. The molecule has 1 aliphatic rings. The van der Waals surface area contributed by atoms with Gasteiger partial charge in [-0.2, -0.15) is 5.10 Å². The molecule has 1 aromatic carbocycles. The summed E-state index contributed by atoms with van der Waals surface area (Å²) in [5.74, 6) is -0.381. The molecule has 1 N–H and O–H groups in total. The van der Waals surface area contributed by atoms with Crippen molar-refractivity contribution in [3.63, 3.8) is 0 Å². The maximum Gasteiger partial charge on any atom is 0.264 e. The van der Waals surface area contributed by atoms with Gasteiger partial charge >= 0.3 is 0 Å². The van der Waals surface area contributed by atoms with Gasteiger partial charge in [0.1, 0.15) is 5.56 Å². The summed E-state index contributed by atoms with van der Waals surface area (Å²) in [6.07, 6.45) is 6.00. The molecule has 1 aliphatic heterocycles. The van der Waals surface area contributed by atoms with E-state index >= 15 is 0 Å². The van der Waals surface area contributed by atoms with Crippen molar-refractivity contribution in [2.45, 2.75) is 46.3 Å². The number of benzene rings is 1. The van der Waals surface area contributed by atoms with Crippen LogP contribution in [0.15, 0.2) is 53.7 Å². The molecule has 0 spiro atoms. The maximum atomic E-state index is 13.4. The average Bonchev–Trinajstić information content (AvgIpc) is 3.27. The molecule has 0 aliphatic carbocycles. The van der Waals surface area contributed by atoms with Crippen LogP contribution in [0.2, 0.25) is 0 Å². The predicted octanol–water partition coefficient (Wildman–Crippen LogP) is 2.66. The van der Waals surface area contributed by atoms with E-state index in [-0.39, 0.29) is 17.0 Å². The second-order valence-corrected chi connectivity index (χ2v) is 7.88. The Morgan fingerprint density at radius 3 is 2.59 bits per heavy atom. The highest BCUT2D eigenvalue weighted by Crippen LogP contribution is 2.22. The molecule has 2 aromatic heterocycles. The van der Waals surface area contributed by atoms with Gasteiger partial charge < -0.3 is 14.8 Å². The average molecular weight is 434 g/mol. The minimum absolute atomic E-state index is 0.0643. The molecule has 3 aromatic rings. The Morgan fingerprint density at radius 2 is 1.91 bits per heavy atom. The molecule has 8 nitrogen and oxygen atoms in total. The third-order valence-electron chi connectivity index (χ3n) is 5.76. The Kier molecular flexibility index (Phi) is 6.20. The summed E-state index contributed by atoms with van der Waals surface area (Å²) in [6.45, 7) is 5.72. The van der Waals surface area contributed by atoms with Crippen LogP contribution in [0.4, 0.5) is 5.69 Å². The second kappa shape index (κ2) is 9.21. The van der Waals surface area contributed by atoms with Crippen LogP contribution < -0.4 is 10.9 Å². The first-order chi connectivity index (χ1) is 15.5. The van der Waals surface area contributed by atoms with Crippen molar-refractivity contribution >= 4 is 17.5 Å². The van der Waals surface area contributed by atoms with Gasteiger partial charge in [0.05, 0.1) is 18.4 Å². The number of carbonyl (C=O) groups excluding carboxylic acids is 2. The lowest BCUT2D eigenvalue weighted by Gasteiger charge is -2.30. The second-order valence-electron chi connectivity index (χ2n) is 7.88. The summed E-state index contributed by atoms with van der Waals surface area (Å²) in [4.78, 5) is 40.7. The highest BCUT2D eigenvalue weighted by Gasteiger charge is 2.28. The fourth-order valence-electron chi connectivity index (χ4n) is 4.07.